The van der Waals surface area contributed by atoms with E-state index in [1.165, 1.54) is 0 Å². The van der Waals surface area contributed by atoms with E-state index in [0.717, 1.165) is 18.4 Å². The van der Waals surface area contributed by atoms with Crippen LogP contribution < -0.4 is 5.73 Å². The zero-order valence-corrected chi connectivity index (χ0v) is 13.5. The average Bonchev–Trinajstić information content (AvgIpc) is 2.45. The third kappa shape index (κ3) is 5.18. The van der Waals surface area contributed by atoms with E-state index >= 15 is 0 Å². The van der Waals surface area contributed by atoms with E-state index in [4.69, 9.17) is 15.2 Å². The highest BCUT2D eigenvalue weighted by molar-refractivity contribution is 5.68. The van der Waals surface area contributed by atoms with E-state index < -0.39 is 5.60 Å². The SMILES string of the molecule is CC(C)(C)OC(=O)N1CCC(OCc2ccc(N)nc2)CC1. The summed E-state index contributed by atoms with van der Waals surface area (Å²) >= 11 is 0. The van der Waals surface area contributed by atoms with Crippen LogP contribution in [0.25, 0.3) is 0 Å². The molecular weight excluding hydrogens is 282 g/mol. The number of anilines is 1. The second-order valence-corrected chi connectivity index (χ2v) is 6.57. The van der Waals surface area contributed by atoms with Crippen LogP contribution in [0.4, 0.5) is 10.6 Å². The minimum Gasteiger partial charge on any atom is -0.444 e. The summed E-state index contributed by atoms with van der Waals surface area (Å²) in [5.74, 6) is 0.509. The number of rotatable bonds is 3. The molecule has 2 N–H and O–H groups in total. The van der Waals surface area contributed by atoms with Crippen LogP contribution in [0.5, 0.6) is 0 Å². The number of hydrogen-bond acceptors (Lipinski definition) is 5. The molecule has 0 unspecified atom stereocenters. The van der Waals surface area contributed by atoms with Crippen molar-refractivity contribution in [1.82, 2.24) is 9.88 Å². The number of hydrogen-bond donors (Lipinski definition) is 1. The lowest BCUT2D eigenvalue weighted by Gasteiger charge is -2.33. The summed E-state index contributed by atoms with van der Waals surface area (Å²) in [4.78, 5) is 17.8. The van der Waals surface area contributed by atoms with Gasteiger partial charge in [0.25, 0.3) is 0 Å². The number of ether oxygens (including phenoxy) is 2. The Kier molecular flexibility index (Phi) is 5.24. The second kappa shape index (κ2) is 6.96. The number of likely N-dealkylation sites (tertiary alicyclic amines) is 1. The van der Waals surface area contributed by atoms with Gasteiger partial charge in [-0.05, 0) is 45.2 Å². The number of nitrogen functional groups attached to an aromatic ring is 1. The molecule has 6 heteroatoms. The van der Waals surface area contributed by atoms with Gasteiger partial charge in [0.15, 0.2) is 0 Å². The molecule has 122 valence electrons. The van der Waals surface area contributed by atoms with Crippen LogP contribution in [0.1, 0.15) is 39.2 Å². The molecule has 0 bridgehead atoms. The molecule has 6 nitrogen and oxygen atoms in total. The molecule has 22 heavy (non-hydrogen) atoms. The molecule has 0 spiro atoms. The fourth-order valence-corrected chi connectivity index (χ4v) is 2.27. The van der Waals surface area contributed by atoms with E-state index in [9.17, 15) is 4.79 Å². The zero-order valence-electron chi connectivity index (χ0n) is 13.5. The van der Waals surface area contributed by atoms with Gasteiger partial charge in [-0.1, -0.05) is 6.07 Å². The molecule has 1 aliphatic rings. The Hall–Kier alpha value is -1.82. The molecule has 1 aromatic heterocycles. The van der Waals surface area contributed by atoms with Crippen molar-refractivity contribution < 1.29 is 14.3 Å². The van der Waals surface area contributed by atoms with Gasteiger partial charge in [-0.2, -0.15) is 0 Å². The summed E-state index contributed by atoms with van der Waals surface area (Å²) in [6, 6.07) is 3.68. The zero-order chi connectivity index (χ0) is 16.2. The molecular formula is C16H25N3O3. The molecule has 0 saturated carbocycles. The predicted molar refractivity (Wildman–Crippen MR) is 84.3 cm³/mol. The molecule has 1 amide bonds. The lowest BCUT2D eigenvalue weighted by molar-refractivity contribution is -0.0170. The van der Waals surface area contributed by atoms with Crippen molar-refractivity contribution in [2.75, 3.05) is 18.8 Å². The normalized spacial score (nSPS) is 16.6. The summed E-state index contributed by atoms with van der Waals surface area (Å²) in [7, 11) is 0. The molecule has 1 fully saturated rings. The molecule has 1 saturated heterocycles. The van der Waals surface area contributed by atoms with Crippen molar-refractivity contribution in [2.45, 2.75) is 51.9 Å². The van der Waals surface area contributed by atoms with Gasteiger partial charge >= 0.3 is 6.09 Å². The third-order valence-electron chi connectivity index (χ3n) is 3.43. The summed E-state index contributed by atoms with van der Waals surface area (Å²) < 4.78 is 11.3. The van der Waals surface area contributed by atoms with Crippen LogP contribution in [0, 0.1) is 0 Å². The standard InChI is InChI=1S/C16H25N3O3/c1-16(2,3)22-15(20)19-8-6-13(7-9-19)21-11-12-4-5-14(17)18-10-12/h4-5,10,13H,6-9,11H2,1-3H3,(H2,17,18). The van der Waals surface area contributed by atoms with Crippen LogP contribution in [-0.4, -0.2) is 40.8 Å². The Morgan fingerprint density at radius 2 is 2.05 bits per heavy atom. The van der Waals surface area contributed by atoms with Gasteiger partial charge in [0, 0.05) is 19.3 Å². The van der Waals surface area contributed by atoms with Crippen molar-refractivity contribution in [3.8, 4) is 0 Å². The fourth-order valence-electron chi connectivity index (χ4n) is 2.27. The number of amides is 1. The lowest BCUT2D eigenvalue weighted by atomic mass is 10.1. The van der Waals surface area contributed by atoms with Crippen LogP contribution in [-0.2, 0) is 16.1 Å². The molecule has 1 aliphatic heterocycles. The van der Waals surface area contributed by atoms with Crippen LogP contribution >= 0.6 is 0 Å². The Bertz CT molecular complexity index is 488. The Balaban J connectivity index is 1.73. The van der Waals surface area contributed by atoms with Gasteiger partial charge in [-0.3, -0.25) is 0 Å². The van der Waals surface area contributed by atoms with Crippen LogP contribution in [0.15, 0.2) is 18.3 Å². The lowest BCUT2D eigenvalue weighted by Crippen LogP contribution is -2.43. The van der Waals surface area contributed by atoms with Crippen molar-refractivity contribution in [3.63, 3.8) is 0 Å². The fraction of sp³-hybridized carbons (Fsp3) is 0.625. The van der Waals surface area contributed by atoms with Gasteiger partial charge in [-0.15, -0.1) is 0 Å². The number of aromatic nitrogens is 1. The molecule has 0 atom stereocenters. The molecule has 2 rings (SSSR count). The molecule has 0 aliphatic carbocycles. The van der Waals surface area contributed by atoms with Crippen LogP contribution in [0.2, 0.25) is 0 Å². The smallest absolute Gasteiger partial charge is 0.410 e. The van der Waals surface area contributed by atoms with Gasteiger partial charge < -0.3 is 20.1 Å². The third-order valence-corrected chi connectivity index (χ3v) is 3.43. The largest absolute Gasteiger partial charge is 0.444 e. The first-order valence-corrected chi connectivity index (χ1v) is 7.63. The predicted octanol–water partition coefficient (Wildman–Crippen LogP) is 2.58. The first kappa shape index (κ1) is 16.5. The van der Waals surface area contributed by atoms with E-state index in [1.807, 2.05) is 26.8 Å². The van der Waals surface area contributed by atoms with Gasteiger partial charge in [0.1, 0.15) is 11.4 Å². The molecule has 1 aromatic rings. The minimum absolute atomic E-state index is 0.163. The first-order valence-electron chi connectivity index (χ1n) is 7.63. The number of nitrogens with zero attached hydrogens (tertiary/aromatic N) is 2. The maximum atomic E-state index is 12.0. The summed E-state index contributed by atoms with van der Waals surface area (Å²) in [6.45, 7) is 7.48. The number of carbonyl (C=O) groups is 1. The molecule has 0 aromatic carbocycles. The maximum Gasteiger partial charge on any atom is 0.410 e. The van der Waals surface area contributed by atoms with E-state index in [0.29, 0.717) is 25.5 Å². The quantitative estimate of drug-likeness (QED) is 0.928. The van der Waals surface area contributed by atoms with E-state index in [1.54, 1.807) is 17.2 Å². The van der Waals surface area contributed by atoms with E-state index in [-0.39, 0.29) is 12.2 Å². The van der Waals surface area contributed by atoms with Crippen molar-refractivity contribution in [3.05, 3.63) is 23.9 Å². The summed E-state index contributed by atoms with van der Waals surface area (Å²) in [5.41, 5.74) is 6.10. The molecule has 2 heterocycles. The highest BCUT2D eigenvalue weighted by Gasteiger charge is 2.27. The highest BCUT2D eigenvalue weighted by atomic mass is 16.6. The topological polar surface area (TPSA) is 77.7 Å². The highest BCUT2D eigenvalue weighted by Crippen LogP contribution is 2.18. The Morgan fingerprint density at radius 1 is 1.36 bits per heavy atom. The van der Waals surface area contributed by atoms with Gasteiger partial charge in [0.2, 0.25) is 0 Å². The van der Waals surface area contributed by atoms with Gasteiger partial charge in [0.05, 0.1) is 12.7 Å². The van der Waals surface area contributed by atoms with Crippen molar-refractivity contribution in [1.29, 1.82) is 0 Å². The van der Waals surface area contributed by atoms with Crippen LogP contribution in [0.3, 0.4) is 0 Å². The van der Waals surface area contributed by atoms with Gasteiger partial charge in [-0.25, -0.2) is 9.78 Å². The number of piperidine rings is 1. The Labute approximate surface area is 131 Å². The Morgan fingerprint density at radius 3 is 2.59 bits per heavy atom. The van der Waals surface area contributed by atoms with Crippen molar-refractivity contribution >= 4 is 11.9 Å². The first-order chi connectivity index (χ1) is 10.3. The summed E-state index contributed by atoms with van der Waals surface area (Å²) in [5, 5.41) is 0. The monoisotopic (exact) mass is 307 g/mol. The van der Waals surface area contributed by atoms with E-state index in [2.05, 4.69) is 4.98 Å². The number of pyridine rings is 1. The second-order valence-electron chi connectivity index (χ2n) is 6.57. The minimum atomic E-state index is -0.452. The molecule has 0 radical (unpaired) electrons. The number of nitrogens with two attached hydrogens (primary N) is 1. The maximum absolute atomic E-state index is 12.0. The number of carbonyl (C=O) groups excluding carboxylic acids is 1. The summed E-state index contributed by atoms with van der Waals surface area (Å²) in [6.07, 6.45) is 3.29. The average molecular weight is 307 g/mol. The van der Waals surface area contributed by atoms with Crippen molar-refractivity contribution in [2.24, 2.45) is 0 Å².